The van der Waals surface area contributed by atoms with E-state index >= 15 is 0 Å². The number of primary amides is 2. The number of unbranched alkanes of at least 4 members (excludes halogenated alkanes) is 2. The summed E-state index contributed by atoms with van der Waals surface area (Å²) in [5, 5.41) is 35.0. The summed E-state index contributed by atoms with van der Waals surface area (Å²) in [6, 6.07) is -1.23. The molecule has 2 bridgehead atoms. The Morgan fingerprint density at radius 2 is 1.38 bits per heavy atom. The van der Waals surface area contributed by atoms with Crippen molar-refractivity contribution in [2.45, 2.75) is 163 Å². The SMILES string of the molecule is CCCCCC(=O)N[C@H]1CSCc2cccc(c2)CSC[C@@H](C(=O)N[C@@H](CC(=O)O)C(N)=O)NC(=O)[C@H](Cc2ccccc2C(F)(F)F)NC(=O)[C@H](CCC(N)=O)NC(=O)[C@H]([C@@H](C)O)NC(=O)[C@@H]2CCCN2C(=O)[C@@H]2CCCN2C1=O. The predicted octanol–water partition coefficient (Wildman–Crippen LogP) is 0.506. The molecule has 28 heteroatoms. The average Bonchev–Trinajstić information content (AvgIpc) is 4.11. The molecular formula is C53H71F3N10O13S2. The Morgan fingerprint density at radius 1 is 0.765 bits per heavy atom. The van der Waals surface area contributed by atoms with E-state index in [2.05, 4.69) is 31.9 Å². The molecular weight excluding hydrogens is 1110 g/mol. The number of nitrogens with two attached hydrogens (primary N) is 2. The number of hydrogen-bond acceptors (Lipinski definition) is 14. The van der Waals surface area contributed by atoms with Crippen LogP contribution in [0.3, 0.4) is 0 Å². The lowest BCUT2D eigenvalue weighted by molar-refractivity contribution is -0.148. The quantitative estimate of drug-likeness (QED) is 0.102. The molecule has 0 saturated carbocycles. The summed E-state index contributed by atoms with van der Waals surface area (Å²) in [5.74, 6) is -10.7. The number of rotatable bonds is 16. The summed E-state index contributed by atoms with van der Waals surface area (Å²) >= 11 is 2.40. The number of aliphatic hydroxyl groups is 1. The molecule has 81 heavy (non-hydrogen) atoms. The second-order valence-electron chi connectivity index (χ2n) is 20.1. The molecule has 9 atom stereocenters. The van der Waals surface area contributed by atoms with E-state index in [1.165, 1.54) is 27.6 Å². The fourth-order valence-corrected chi connectivity index (χ4v) is 11.6. The van der Waals surface area contributed by atoms with Gasteiger partial charge in [-0.3, -0.25) is 52.7 Å². The maximum Gasteiger partial charge on any atom is 0.416 e. The molecule has 0 aromatic heterocycles. The van der Waals surface area contributed by atoms with E-state index in [1.807, 2.05) is 19.1 Å². The smallest absolute Gasteiger partial charge is 0.416 e. The summed E-state index contributed by atoms with van der Waals surface area (Å²) in [5.41, 5.74) is 10.6. The number of hydrogen-bond donors (Lipinski definition) is 10. The molecule has 0 aliphatic carbocycles. The van der Waals surface area contributed by atoms with Gasteiger partial charge in [-0.15, -0.1) is 0 Å². The highest BCUT2D eigenvalue weighted by Crippen LogP contribution is 2.33. The minimum atomic E-state index is -4.98. The Hall–Kier alpha value is -6.94. The van der Waals surface area contributed by atoms with E-state index in [0.717, 1.165) is 55.3 Å². The molecule has 2 fully saturated rings. The number of carboxylic acids is 1. The van der Waals surface area contributed by atoms with Gasteiger partial charge in [0.1, 0.15) is 48.3 Å². The highest BCUT2D eigenvalue weighted by atomic mass is 32.2. The van der Waals surface area contributed by atoms with Crippen molar-refractivity contribution in [2.24, 2.45) is 11.5 Å². The van der Waals surface area contributed by atoms with Crippen LogP contribution in [-0.2, 0) is 76.8 Å². The Kier molecular flexibility index (Phi) is 24.6. The van der Waals surface area contributed by atoms with Crippen LogP contribution in [0.1, 0.15) is 107 Å². The number of thioether (sulfide) groups is 2. The minimum absolute atomic E-state index is 0.0909. The molecule has 23 nitrogen and oxygen atoms in total. The summed E-state index contributed by atoms with van der Waals surface area (Å²) < 4.78 is 43.3. The molecule has 3 heterocycles. The van der Waals surface area contributed by atoms with E-state index in [4.69, 9.17) is 11.5 Å². The van der Waals surface area contributed by atoms with Crippen LogP contribution in [0.15, 0.2) is 48.5 Å². The number of alkyl halides is 3. The third kappa shape index (κ3) is 19.4. The lowest BCUT2D eigenvalue weighted by atomic mass is 9.98. The number of carbonyl (C=O) groups is 11. The van der Waals surface area contributed by atoms with Crippen LogP contribution < -0.4 is 43.4 Å². The van der Waals surface area contributed by atoms with Crippen LogP contribution in [-0.4, -0.2) is 164 Å². The standard InChI is InChI=1S/C53H71F3N10O13S2/c1-3-4-5-17-42(69)59-38-28-81-26-31-12-8-11-30(22-31)25-80-27-37(48(75)61-35(45(58)72)24-43(70)71)63-47(74)36(23-32-13-6-7-14-33(32)53(54,55)56)62-46(73)34(18-19-41(57)68)60-50(77)44(29(2)67)64-49(76)39-15-9-20-65(39)52(79)40-16-10-21-66(40)51(38)78/h6-8,11-14,22,29,34-40,44,67H,3-5,9-10,15-21,23-28H2,1-2H3,(H2,57,68)(H2,58,72)(H,59,69)(H,60,77)(H,61,75)(H,62,73)(H,63,74)(H,64,76)(H,70,71)/t29-,34+,35+,36+,37+,38+,39+,40+,44+/m1/s1. The number of benzene rings is 2. The van der Waals surface area contributed by atoms with Gasteiger partial charge in [-0.05, 0) is 68.2 Å². The zero-order chi connectivity index (χ0) is 59.6. The number of aliphatic carboxylic acids is 1. The third-order valence-electron chi connectivity index (χ3n) is 13.8. The number of halogens is 3. The second kappa shape index (κ2) is 30.8. The van der Waals surface area contributed by atoms with E-state index < -0.39 is 157 Å². The monoisotopic (exact) mass is 1180 g/mol. The highest BCUT2D eigenvalue weighted by molar-refractivity contribution is 7.98. The summed E-state index contributed by atoms with van der Waals surface area (Å²) in [7, 11) is 0. The van der Waals surface area contributed by atoms with E-state index in [1.54, 1.807) is 12.1 Å². The van der Waals surface area contributed by atoms with Gasteiger partial charge in [0.2, 0.25) is 59.1 Å². The van der Waals surface area contributed by atoms with Gasteiger partial charge in [0.25, 0.3) is 0 Å². The predicted molar refractivity (Wildman–Crippen MR) is 291 cm³/mol. The van der Waals surface area contributed by atoms with Crippen LogP contribution in [0.25, 0.3) is 0 Å². The fourth-order valence-electron chi connectivity index (χ4n) is 9.63. The Bertz CT molecular complexity index is 2630. The fraction of sp³-hybridized carbons (Fsp3) is 0.566. The molecule has 3 aliphatic rings. The highest BCUT2D eigenvalue weighted by Gasteiger charge is 2.45. The van der Waals surface area contributed by atoms with Gasteiger partial charge in [0.05, 0.1) is 18.1 Å². The van der Waals surface area contributed by atoms with Crippen molar-refractivity contribution < 1.29 is 76.1 Å². The van der Waals surface area contributed by atoms with Crippen molar-refractivity contribution in [3.63, 3.8) is 0 Å². The minimum Gasteiger partial charge on any atom is -0.481 e. The Morgan fingerprint density at radius 3 is 2.00 bits per heavy atom. The van der Waals surface area contributed by atoms with Crippen molar-refractivity contribution in [2.75, 3.05) is 24.6 Å². The molecule has 0 unspecified atom stereocenters. The van der Waals surface area contributed by atoms with Crippen molar-refractivity contribution in [1.82, 2.24) is 41.7 Å². The second-order valence-corrected chi connectivity index (χ2v) is 22.2. The van der Waals surface area contributed by atoms with Gasteiger partial charge in [-0.1, -0.05) is 62.2 Å². The van der Waals surface area contributed by atoms with Gasteiger partial charge >= 0.3 is 12.1 Å². The number of nitrogens with zero attached hydrogens (tertiary/aromatic N) is 2. The molecule has 12 N–H and O–H groups in total. The lowest BCUT2D eigenvalue weighted by Crippen LogP contribution is -2.62. The zero-order valence-corrected chi connectivity index (χ0v) is 46.6. The number of aliphatic hydroxyl groups excluding tert-OH is 1. The lowest BCUT2D eigenvalue weighted by Gasteiger charge is -2.33. The normalized spacial score (nSPS) is 23.9. The number of amides is 10. The van der Waals surface area contributed by atoms with Gasteiger partial charge in [0.15, 0.2) is 0 Å². The Balaban J connectivity index is 1.57. The van der Waals surface area contributed by atoms with Crippen LogP contribution >= 0.6 is 23.5 Å². The topological polar surface area (TPSA) is 359 Å². The van der Waals surface area contributed by atoms with E-state index in [0.29, 0.717) is 30.6 Å². The molecule has 2 aromatic rings. The van der Waals surface area contributed by atoms with Crippen LogP contribution in [0.5, 0.6) is 0 Å². The van der Waals surface area contributed by atoms with Gasteiger partial charge in [-0.2, -0.15) is 36.7 Å². The first-order chi connectivity index (χ1) is 38.4. The summed E-state index contributed by atoms with van der Waals surface area (Å²) in [4.78, 5) is 152. The molecule has 0 radical (unpaired) electrons. The van der Waals surface area contributed by atoms with Crippen molar-refractivity contribution in [1.29, 1.82) is 0 Å². The molecule has 3 aliphatic heterocycles. The Labute approximate surface area is 474 Å². The number of carboxylic acid groups (broad SMARTS) is 1. The molecule has 0 spiro atoms. The van der Waals surface area contributed by atoms with Gasteiger partial charge in [0, 0.05) is 55.4 Å². The average molecular weight is 1180 g/mol. The first-order valence-electron chi connectivity index (χ1n) is 26.7. The molecule has 10 amide bonds. The van der Waals surface area contributed by atoms with Gasteiger partial charge < -0.3 is 63.4 Å². The summed E-state index contributed by atoms with van der Waals surface area (Å²) in [6.45, 7) is 3.39. The zero-order valence-electron chi connectivity index (χ0n) is 44.9. The molecule has 2 aromatic carbocycles. The molecule has 444 valence electrons. The maximum atomic E-state index is 14.5. The molecule has 2 saturated heterocycles. The molecule has 5 rings (SSSR count). The largest absolute Gasteiger partial charge is 0.481 e. The van der Waals surface area contributed by atoms with Crippen molar-refractivity contribution in [3.8, 4) is 0 Å². The number of fused-ring (bicyclic) bond motifs is 4. The van der Waals surface area contributed by atoms with Crippen LogP contribution in [0.2, 0.25) is 0 Å². The summed E-state index contributed by atoms with van der Waals surface area (Å²) in [6.07, 6.45) is -6.20. The van der Waals surface area contributed by atoms with E-state index in [-0.39, 0.29) is 55.5 Å². The third-order valence-corrected chi connectivity index (χ3v) is 16.0. The first kappa shape index (κ1) is 64.9. The first-order valence-corrected chi connectivity index (χ1v) is 29.0. The van der Waals surface area contributed by atoms with Crippen LogP contribution in [0, 0.1) is 0 Å². The van der Waals surface area contributed by atoms with Crippen molar-refractivity contribution in [3.05, 3.63) is 70.8 Å². The number of carbonyl (C=O) groups excluding carboxylic acids is 10. The van der Waals surface area contributed by atoms with Gasteiger partial charge in [-0.25, -0.2) is 0 Å². The number of nitrogens with one attached hydrogen (secondary N) is 6. The van der Waals surface area contributed by atoms with Crippen LogP contribution in [0.4, 0.5) is 13.2 Å². The maximum absolute atomic E-state index is 14.5. The van der Waals surface area contributed by atoms with Crippen molar-refractivity contribution >= 4 is 88.6 Å². The van der Waals surface area contributed by atoms with E-state index in [9.17, 15) is 76.1 Å².